The summed E-state index contributed by atoms with van der Waals surface area (Å²) in [6.07, 6.45) is 1.87. The van der Waals surface area contributed by atoms with Crippen LogP contribution in [0.4, 0.5) is 5.69 Å². The number of nitrogens with zero attached hydrogens (tertiary/aromatic N) is 2. The highest BCUT2D eigenvalue weighted by Gasteiger charge is 2.25. The summed E-state index contributed by atoms with van der Waals surface area (Å²) >= 11 is 0. The zero-order valence-electron chi connectivity index (χ0n) is 15.0. The summed E-state index contributed by atoms with van der Waals surface area (Å²) in [7, 11) is -3.30. The largest absolute Gasteiger partial charge is 0.518 e. The van der Waals surface area contributed by atoms with Gasteiger partial charge in [0.1, 0.15) is 8.07 Å². The number of hydrogen-bond acceptors (Lipinski definition) is 4. The highest BCUT2D eigenvalue weighted by molar-refractivity contribution is 6.89. The molecule has 1 heterocycles. The van der Waals surface area contributed by atoms with Gasteiger partial charge in [0, 0.05) is 6.54 Å². The van der Waals surface area contributed by atoms with E-state index in [1.807, 2.05) is 12.3 Å². The van der Waals surface area contributed by atoms with Crippen molar-refractivity contribution in [3.63, 3.8) is 0 Å². The topological polar surface area (TPSA) is 47.0 Å². The first-order chi connectivity index (χ1) is 10.6. The number of aromatic nitrogens is 2. The van der Waals surface area contributed by atoms with E-state index in [4.69, 9.17) is 9.41 Å². The van der Waals surface area contributed by atoms with Crippen molar-refractivity contribution in [2.75, 3.05) is 5.32 Å². The monoisotopic (exact) mass is 345 g/mol. The summed E-state index contributed by atoms with van der Waals surface area (Å²) in [6.45, 7) is 14.1. The Labute approximate surface area is 141 Å². The summed E-state index contributed by atoms with van der Waals surface area (Å²) < 4.78 is 5.97. The Morgan fingerprint density at radius 2 is 1.65 bits per heavy atom. The number of nitrogens with one attached hydrogen (secondary N) is 1. The molecule has 0 saturated carbocycles. The lowest BCUT2D eigenvalue weighted by Crippen LogP contribution is -2.43. The Morgan fingerprint density at radius 3 is 2.22 bits per heavy atom. The molecule has 0 unspecified atom stereocenters. The molecule has 1 N–H and O–H groups in total. The van der Waals surface area contributed by atoms with Crippen LogP contribution in [-0.4, -0.2) is 26.4 Å². The molecule has 2 rings (SSSR count). The van der Waals surface area contributed by atoms with E-state index in [9.17, 15) is 0 Å². The highest BCUT2D eigenvalue weighted by atomic mass is 28.4. The van der Waals surface area contributed by atoms with E-state index in [0.29, 0.717) is 6.01 Å². The van der Waals surface area contributed by atoms with Gasteiger partial charge in [-0.2, -0.15) is 0 Å². The summed E-state index contributed by atoms with van der Waals surface area (Å²) in [4.78, 5) is 9.15. The zero-order chi connectivity index (χ0) is 17.1. The minimum atomic E-state index is -1.70. The van der Waals surface area contributed by atoms with Gasteiger partial charge in [-0.3, -0.25) is 0 Å². The maximum atomic E-state index is 5.97. The molecule has 6 heteroatoms. The fraction of sp³-hybridized carbons (Fsp3) is 0.412. The van der Waals surface area contributed by atoms with Crippen LogP contribution in [0.25, 0.3) is 0 Å². The lowest BCUT2D eigenvalue weighted by Gasteiger charge is -2.23. The van der Waals surface area contributed by atoms with Crippen LogP contribution in [0, 0.1) is 0 Å². The summed E-state index contributed by atoms with van der Waals surface area (Å²) in [5, 5.41) is 4.61. The summed E-state index contributed by atoms with van der Waals surface area (Å²) in [6, 6.07) is 10.9. The molecule has 124 valence electrons. The molecule has 0 aliphatic carbocycles. The second-order valence-corrected chi connectivity index (χ2v) is 17.1. The fourth-order valence-corrected chi connectivity index (χ4v) is 4.22. The van der Waals surface area contributed by atoms with Gasteiger partial charge in [0.25, 0.3) is 0 Å². The molecule has 0 amide bonds. The molecule has 2 aromatic rings. The van der Waals surface area contributed by atoms with Gasteiger partial charge in [-0.15, -0.1) is 0 Å². The van der Waals surface area contributed by atoms with Crippen LogP contribution in [-0.2, 0) is 6.54 Å². The van der Waals surface area contributed by atoms with Crippen LogP contribution in [0.3, 0.4) is 0 Å². The van der Waals surface area contributed by atoms with Crippen LogP contribution < -0.4 is 15.1 Å². The first kappa shape index (κ1) is 17.7. The van der Waals surface area contributed by atoms with Crippen LogP contribution >= 0.6 is 0 Å². The van der Waals surface area contributed by atoms with E-state index in [2.05, 4.69) is 73.8 Å². The third kappa shape index (κ3) is 5.47. The Hall–Kier alpha value is -1.67. The summed E-state index contributed by atoms with van der Waals surface area (Å²) in [5.74, 6) is 0. The molecule has 0 radical (unpaired) electrons. The average molecular weight is 346 g/mol. The Kier molecular flexibility index (Phi) is 5.26. The predicted molar refractivity (Wildman–Crippen MR) is 103 cm³/mol. The molecule has 4 nitrogen and oxygen atoms in total. The van der Waals surface area contributed by atoms with E-state index < -0.39 is 16.4 Å². The molecule has 0 aliphatic heterocycles. The molecule has 0 atom stereocenters. The van der Waals surface area contributed by atoms with E-state index in [0.717, 1.165) is 17.5 Å². The summed E-state index contributed by atoms with van der Waals surface area (Å²) in [5.41, 5.74) is 2.27. The lowest BCUT2D eigenvalue weighted by molar-refractivity contribution is 0.511. The van der Waals surface area contributed by atoms with Crippen LogP contribution in [0.1, 0.15) is 5.56 Å². The second kappa shape index (κ2) is 6.84. The van der Waals surface area contributed by atoms with Crippen molar-refractivity contribution in [2.24, 2.45) is 0 Å². The Morgan fingerprint density at radius 1 is 1.00 bits per heavy atom. The molecule has 0 saturated heterocycles. The van der Waals surface area contributed by atoms with E-state index in [1.54, 1.807) is 0 Å². The van der Waals surface area contributed by atoms with Crippen molar-refractivity contribution in [3.8, 4) is 6.01 Å². The van der Waals surface area contributed by atoms with Gasteiger partial charge < -0.3 is 9.74 Å². The first-order valence-electron chi connectivity index (χ1n) is 7.99. The van der Waals surface area contributed by atoms with Crippen molar-refractivity contribution in [1.82, 2.24) is 9.97 Å². The van der Waals surface area contributed by atoms with E-state index in [-0.39, 0.29) is 0 Å². The van der Waals surface area contributed by atoms with Crippen molar-refractivity contribution < 1.29 is 4.43 Å². The molecule has 0 spiro atoms. The molecule has 1 aromatic carbocycles. The van der Waals surface area contributed by atoms with Crippen LogP contribution in [0.5, 0.6) is 6.01 Å². The Balaban J connectivity index is 2.24. The predicted octanol–water partition coefficient (Wildman–Crippen LogP) is 3.85. The maximum absolute atomic E-state index is 5.97. The second-order valence-electron chi connectivity index (χ2n) is 7.72. The Bertz CT molecular complexity index is 649. The standard InChI is InChI=1S/C17H27N3OSi2/c1-22(2,3)16-15(18-12-14-10-8-7-9-11-14)13-19-17(20-16)21-23(4,5)6/h7-11,13,18H,12H2,1-6H3. The minimum absolute atomic E-state index is 0.520. The molecule has 23 heavy (non-hydrogen) atoms. The molecule has 0 fully saturated rings. The SMILES string of the molecule is C[Si](C)(C)Oc1ncc(NCc2ccccc2)c([Si](C)(C)C)n1. The van der Waals surface area contributed by atoms with Gasteiger partial charge >= 0.3 is 6.01 Å². The van der Waals surface area contributed by atoms with Gasteiger partial charge in [0.2, 0.25) is 8.32 Å². The third-order valence-corrected chi connectivity index (χ3v) is 5.80. The molecule has 0 bridgehead atoms. The number of anilines is 1. The zero-order valence-corrected chi connectivity index (χ0v) is 17.0. The highest BCUT2D eigenvalue weighted by Crippen LogP contribution is 2.16. The van der Waals surface area contributed by atoms with Gasteiger partial charge in [-0.1, -0.05) is 50.0 Å². The fourth-order valence-electron chi connectivity index (χ4n) is 2.18. The van der Waals surface area contributed by atoms with Gasteiger partial charge in [0.15, 0.2) is 0 Å². The van der Waals surface area contributed by atoms with Crippen LogP contribution in [0.2, 0.25) is 39.3 Å². The van der Waals surface area contributed by atoms with Gasteiger partial charge in [-0.05, 0) is 25.2 Å². The van der Waals surface area contributed by atoms with Crippen LogP contribution in [0.15, 0.2) is 36.5 Å². The minimum Gasteiger partial charge on any atom is -0.518 e. The molecule has 1 aromatic heterocycles. The van der Waals surface area contributed by atoms with Crippen molar-refractivity contribution >= 4 is 27.4 Å². The lowest BCUT2D eigenvalue weighted by atomic mass is 10.2. The van der Waals surface area contributed by atoms with Crippen molar-refractivity contribution in [1.29, 1.82) is 0 Å². The smallest absolute Gasteiger partial charge is 0.302 e. The third-order valence-electron chi connectivity index (χ3n) is 3.20. The van der Waals surface area contributed by atoms with Gasteiger partial charge in [-0.25, -0.2) is 9.97 Å². The molecular weight excluding hydrogens is 318 g/mol. The molecule has 0 aliphatic rings. The quantitative estimate of drug-likeness (QED) is 0.808. The van der Waals surface area contributed by atoms with E-state index >= 15 is 0 Å². The number of rotatable bonds is 6. The maximum Gasteiger partial charge on any atom is 0.302 e. The normalized spacial score (nSPS) is 12.1. The van der Waals surface area contributed by atoms with Crippen molar-refractivity contribution in [3.05, 3.63) is 42.1 Å². The number of hydrogen-bond donors (Lipinski definition) is 1. The molecular formula is C17H27N3OSi2. The number of benzene rings is 1. The first-order valence-corrected chi connectivity index (χ1v) is 14.9. The van der Waals surface area contributed by atoms with Gasteiger partial charge in [0.05, 0.1) is 17.2 Å². The van der Waals surface area contributed by atoms with Crippen molar-refractivity contribution in [2.45, 2.75) is 45.8 Å². The van der Waals surface area contributed by atoms with E-state index in [1.165, 1.54) is 5.56 Å². The average Bonchev–Trinajstić information content (AvgIpc) is 2.44.